The Bertz CT molecular complexity index is 581. The van der Waals surface area contributed by atoms with Crippen LogP contribution < -0.4 is 0 Å². The first kappa shape index (κ1) is 17.9. The second kappa shape index (κ2) is 6.34. The first-order valence-electron chi connectivity index (χ1n) is 3.74. The van der Waals surface area contributed by atoms with Gasteiger partial charge in [0, 0.05) is 63.5 Å². The minimum absolute atomic E-state index is 0. The molecule has 1 radical (unpaired) electrons. The van der Waals surface area contributed by atoms with Crippen molar-refractivity contribution in [2.45, 2.75) is 4.90 Å². The second-order valence-corrected chi connectivity index (χ2v) is 4.56. The van der Waals surface area contributed by atoms with Crippen molar-refractivity contribution in [2.24, 2.45) is 0 Å². The molecule has 0 atom stereocenters. The van der Waals surface area contributed by atoms with Gasteiger partial charge in [-0.1, -0.05) is 11.6 Å². The summed E-state index contributed by atoms with van der Waals surface area (Å²) in [6.07, 6.45) is 0. The molecule has 0 aliphatic heterocycles. The van der Waals surface area contributed by atoms with Gasteiger partial charge in [0.2, 0.25) is 0 Å². The summed E-state index contributed by atoms with van der Waals surface area (Å²) in [5.41, 5.74) is -1.96. The molecule has 0 aliphatic rings. The average Bonchev–Trinajstić information content (AvgIpc) is 2.14. The normalized spacial score (nSPS) is 10.6. The molecule has 0 saturated heterocycles. The number of hydrogen-bond donors (Lipinski definition) is 1. The third-order valence-corrected chi connectivity index (χ3v) is 2.92. The van der Waals surface area contributed by atoms with Crippen molar-refractivity contribution in [1.82, 2.24) is 0 Å². The van der Waals surface area contributed by atoms with Crippen molar-refractivity contribution in [3.05, 3.63) is 37.4 Å². The maximum Gasteiger partial charge on any atom is 0.296 e. The predicted molar refractivity (Wildman–Crippen MR) is 60.3 cm³/mol. The molecule has 0 spiro atoms. The molecule has 18 heavy (non-hydrogen) atoms. The van der Waals surface area contributed by atoms with Gasteiger partial charge in [0.05, 0.1) is 9.85 Å². The van der Waals surface area contributed by atoms with E-state index in [1.807, 2.05) is 0 Å². The molecule has 1 rings (SSSR count). The Hall–Kier alpha value is -0.144. The summed E-state index contributed by atoms with van der Waals surface area (Å²) in [5, 5.41) is 20.2. The van der Waals surface area contributed by atoms with Crippen molar-refractivity contribution < 1.29 is 22.8 Å². The molecule has 93 valence electrons. The van der Waals surface area contributed by atoms with E-state index in [2.05, 4.69) is 0 Å². The van der Waals surface area contributed by atoms with Gasteiger partial charge in [0.15, 0.2) is 5.02 Å². The number of rotatable bonds is 3. The van der Waals surface area contributed by atoms with E-state index in [-0.39, 0.29) is 51.4 Å². The maximum absolute atomic E-state index is 10.8. The van der Waals surface area contributed by atoms with E-state index in [9.17, 15) is 28.6 Å². The molecule has 0 unspecified atom stereocenters. The van der Waals surface area contributed by atoms with Gasteiger partial charge in [-0.2, -0.15) is 8.42 Å². The van der Waals surface area contributed by atoms with E-state index >= 15 is 0 Å². The van der Waals surface area contributed by atoms with Crippen LogP contribution in [0.15, 0.2) is 17.0 Å². The molecule has 1 N–H and O–H groups in total. The maximum atomic E-state index is 10.8. The minimum Gasteiger partial charge on any atom is -0.282 e. The van der Waals surface area contributed by atoms with Crippen LogP contribution in [0, 0.1) is 20.2 Å². The van der Waals surface area contributed by atoms with Gasteiger partial charge in [-0.05, 0) is 0 Å². The first-order valence-corrected chi connectivity index (χ1v) is 5.56. The topological polar surface area (TPSA) is 141 Å². The standard InChI is InChI=1S/C6H3ClN2O7S.K/c7-6-4(8(10)11)1-3(17(14,15)16)2-5(6)9(12)13;/h1-2H,(H,14,15,16);. The van der Waals surface area contributed by atoms with Crippen LogP contribution in [0.1, 0.15) is 0 Å². The van der Waals surface area contributed by atoms with Gasteiger partial charge in [-0.3, -0.25) is 24.8 Å². The summed E-state index contributed by atoms with van der Waals surface area (Å²) in [6.45, 7) is 0. The smallest absolute Gasteiger partial charge is 0.282 e. The zero-order chi connectivity index (χ0) is 13.4. The fourth-order valence-electron chi connectivity index (χ4n) is 0.984. The van der Waals surface area contributed by atoms with E-state index in [1.165, 1.54) is 0 Å². The molecule has 9 nitrogen and oxygen atoms in total. The van der Waals surface area contributed by atoms with Gasteiger partial charge in [0.25, 0.3) is 21.5 Å². The molecular formula is C6H3ClKN2O7S. The van der Waals surface area contributed by atoms with Crippen LogP contribution in [0.4, 0.5) is 11.4 Å². The molecule has 0 aliphatic carbocycles. The zero-order valence-electron chi connectivity index (χ0n) is 8.73. The van der Waals surface area contributed by atoms with Crippen molar-refractivity contribution >= 4 is 84.5 Å². The summed E-state index contributed by atoms with van der Waals surface area (Å²) in [4.78, 5) is 17.8. The molecule has 0 amide bonds. The number of benzene rings is 1. The van der Waals surface area contributed by atoms with Crippen LogP contribution in [0.3, 0.4) is 0 Å². The fourth-order valence-corrected chi connectivity index (χ4v) is 1.75. The number of halogens is 1. The van der Waals surface area contributed by atoms with Crippen LogP contribution >= 0.6 is 11.6 Å². The van der Waals surface area contributed by atoms with E-state index in [1.54, 1.807) is 0 Å². The minimum atomic E-state index is -4.80. The largest absolute Gasteiger partial charge is 0.296 e. The second-order valence-electron chi connectivity index (χ2n) is 2.76. The SMILES string of the molecule is O=[N+]([O-])c1cc(S(=O)(=O)O)cc([N+](=O)[O-])c1Cl.[K]. The third kappa shape index (κ3) is 3.93. The Balaban J connectivity index is 0.00000289. The van der Waals surface area contributed by atoms with E-state index < -0.39 is 41.3 Å². The number of hydrogen-bond acceptors (Lipinski definition) is 6. The summed E-state index contributed by atoms with van der Waals surface area (Å²) in [5.74, 6) is 0. The molecule has 1 aromatic carbocycles. The zero-order valence-corrected chi connectivity index (χ0v) is 13.4. The summed E-state index contributed by atoms with van der Waals surface area (Å²) in [6, 6.07) is 0.870. The van der Waals surface area contributed by atoms with E-state index in [4.69, 9.17) is 16.2 Å². The van der Waals surface area contributed by atoms with Crippen LogP contribution in [0.25, 0.3) is 0 Å². The van der Waals surface area contributed by atoms with Crippen molar-refractivity contribution in [3.63, 3.8) is 0 Å². The van der Waals surface area contributed by atoms with E-state index in [0.29, 0.717) is 12.1 Å². The molecule has 0 bridgehead atoms. The number of nitro groups is 2. The number of nitrogens with zero attached hydrogens (tertiary/aromatic N) is 2. The summed E-state index contributed by atoms with van der Waals surface area (Å²) < 4.78 is 30.2. The van der Waals surface area contributed by atoms with Gasteiger partial charge in [-0.15, -0.1) is 0 Å². The van der Waals surface area contributed by atoms with Crippen LogP contribution in [0.5, 0.6) is 0 Å². The summed E-state index contributed by atoms with van der Waals surface area (Å²) >= 11 is 5.36. The third-order valence-electron chi connectivity index (χ3n) is 1.70. The summed E-state index contributed by atoms with van der Waals surface area (Å²) in [7, 11) is -4.80. The van der Waals surface area contributed by atoms with Crippen LogP contribution in [-0.4, -0.2) is 74.2 Å². The Morgan fingerprint density at radius 3 is 1.67 bits per heavy atom. The van der Waals surface area contributed by atoms with Crippen LogP contribution in [-0.2, 0) is 10.1 Å². The van der Waals surface area contributed by atoms with Gasteiger partial charge in [-0.25, -0.2) is 0 Å². The van der Waals surface area contributed by atoms with Crippen LogP contribution in [0.2, 0.25) is 5.02 Å². The Morgan fingerprint density at radius 2 is 1.44 bits per heavy atom. The molecule has 0 fully saturated rings. The fraction of sp³-hybridized carbons (Fsp3) is 0. The molecule has 12 heteroatoms. The molecule has 0 heterocycles. The number of nitro benzene ring substituents is 2. The van der Waals surface area contributed by atoms with Crippen molar-refractivity contribution in [2.75, 3.05) is 0 Å². The van der Waals surface area contributed by atoms with Gasteiger partial charge in [0.1, 0.15) is 4.90 Å². The van der Waals surface area contributed by atoms with Gasteiger partial charge >= 0.3 is 0 Å². The Labute approximate surface area is 148 Å². The van der Waals surface area contributed by atoms with Crippen molar-refractivity contribution in [1.29, 1.82) is 0 Å². The van der Waals surface area contributed by atoms with Gasteiger partial charge < -0.3 is 0 Å². The predicted octanol–water partition coefficient (Wildman–Crippen LogP) is 1.02. The Kier molecular flexibility index (Phi) is 6.29. The van der Waals surface area contributed by atoms with E-state index in [0.717, 1.165) is 0 Å². The molecule has 1 aromatic rings. The molecule has 0 aromatic heterocycles. The molecular weight excluding hydrogens is 319 g/mol. The average molecular weight is 322 g/mol. The Morgan fingerprint density at radius 1 is 1.11 bits per heavy atom. The monoisotopic (exact) mass is 321 g/mol. The van der Waals surface area contributed by atoms with Crippen molar-refractivity contribution in [3.8, 4) is 0 Å². The molecule has 0 saturated carbocycles. The first-order chi connectivity index (χ1) is 7.64. The quantitative estimate of drug-likeness (QED) is 0.379.